The number of urea groups is 1. The Bertz CT molecular complexity index is 525. The molecule has 1 aromatic carbocycles. The van der Waals surface area contributed by atoms with E-state index in [0.717, 1.165) is 5.57 Å². The molecule has 0 heterocycles. The number of carboxylic acid groups (broad SMARTS) is 1. The van der Waals surface area contributed by atoms with Crippen LogP contribution < -0.4 is 10.6 Å². The third-order valence-corrected chi connectivity index (χ3v) is 2.99. The van der Waals surface area contributed by atoms with Crippen LogP contribution in [0.4, 0.5) is 10.5 Å². The number of carbonyl (C=O) groups excluding carboxylic acids is 1. The van der Waals surface area contributed by atoms with Gasteiger partial charge in [0.1, 0.15) is 0 Å². The number of hydrogen-bond acceptors (Lipinski definition) is 2. The van der Waals surface area contributed by atoms with Crippen LogP contribution in [0.15, 0.2) is 36.0 Å². The zero-order valence-corrected chi connectivity index (χ0v) is 12.2. The smallest absolute Gasteiger partial charge is 0.335 e. The van der Waals surface area contributed by atoms with E-state index in [1.807, 2.05) is 6.92 Å². The van der Waals surface area contributed by atoms with Crippen LogP contribution in [0.1, 0.15) is 38.1 Å². The number of allylic oxidation sites excluding steroid dienone is 1. The summed E-state index contributed by atoms with van der Waals surface area (Å²) in [6, 6.07) is 5.60. The van der Waals surface area contributed by atoms with Gasteiger partial charge >= 0.3 is 12.0 Å². The standard InChI is InChI=1S/C15H20N2O3/c1-10(15(2,3)4)9-16-14(20)17-12-7-5-11(6-8-12)13(18)19/h5-9H,1-4H3,(H,18,19)(H2,16,17,20)/b10-9+. The molecule has 0 radical (unpaired) electrons. The third kappa shape index (κ3) is 4.76. The molecule has 0 atom stereocenters. The lowest BCUT2D eigenvalue weighted by Crippen LogP contribution is -2.25. The Hall–Kier alpha value is -2.30. The quantitative estimate of drug-likeness (QED) is 0.791. The molecule has 3 N–H and O–H groups in total. The highest BCUT2D eigenvalue weighted by Crippen LogP contribution is 2.23. The van der Waals surface area contributed by atoms with Gasteiger partial charge in [0, 0.05) is 11.9 Å². The van der Waals surface area contributed by atoms with Crippen LogP contribution >= 0.6 is 0 Å². The maximum atomic E-state index is 11.7. The first-order valence-corrected chi connectivity index (χ1v) is 6.28. The molecular weight excluding hydrogens is 256 g/mol. The van der Waals surface area contributed by atoms with Gasteiger partial charge in [-0.3, -0.25) is 0 Å². The molecule has 1 aromatic rings. The second kappa shape index (κ2) is 6.23. The van der Waals surface area contributed by atoms with Gasteiger partial charge in [0.25, 0.3) is 0 Å². The summed E-state index contributed by atoms with van der Waals surface area (Å²) >= 11 is 0. The molecule has 2 amide bonds. The van der Waals surface area contributed by atoms with E-state index in [2.05, 4.69) is 31.4 Å². The lowest BCUT2D eigenvalue weighted by Gasteiger charge is -2.19. The van der Waals surface area contributed by atoms with E-state index in [-0.39, 0.29) is 17.0 Å². The first-order chi connectivity index (χ1) is 9.20. The van der Waals surface area contributed by atoms with Crippen LogP contribution in [0.2, 0.25) is 0 Å². The van der Waals surface area contributed by atoms with Crippen LogP contribution in [-0.2, 0) is 0 Å². The molecule has 0 saturated carbocycles. The van der Waals surface area contributed by atoms with Crippen molar-refractivity contribution in [2.24, 2.45) is 5.41 Å². The van der Waals surface area contributed by atoms with Crippen molar-refractivity contribution in [3.63, 3.8) is 0 Å². The number of amides is 2. The summed E-state index contributed by atoms with van der Waals surface area (Å²) in [5.74, 6) is -0.996. The second-order valence-electron chi connectivity index (χ2n) is 5.56. The summed E-state index contributed by atoms with van der Waals surface area (Å²) in [6.45, 7) is 8.12. The normalized spacial score (nSPS) is 11.9. The van der Waals surface area contributed by atoms with E-state index >= 15 is 0 Å². The Kier molecular flexibility index (Phi) is 4.91. The van der Waals surface area contributed by atoms with Crippen molar-refractivity contribution >= 4 is 17.7 Å². The van der Waals surface area contributed by atoms with Gasteiger partial charge in [-0.25, -0.2) is 9.59 Å². The first kappa shape index (κ1) is 15.8. The van der Waals surface area contributed by atoms with Crippen LogP contribution in [0.3, 0.4) is 0 Å². The number of anilines is 1. The minimum Gasteiger partial charge on any atom is -0.478 e. The van der Waals surface area contributed by atoms with Crippen LogP contribution in [0.25, 0.3) is 0 Å². The lowest BCUT2D eigenvalue weighted by atomic mass is 9.88. The summed E-state index contributed by atoms with van der Waals surface area (Å²) in [6.07, 6.45) is 1.67. The van der Waals surface area contributed by atoms with Crippen molar-refractivity contribution < 1.29 is 14.7 Å². The Labute approximate surface area is 118 Å². The number of carbonyl (C=O) groups is 2. The zero-order valence-electron chi connectivity index (χ0n) is 12.2. The van der Waals surface area contributed by atoms with E-state index in [1.165, 1.54) is 12.1 Å². The molecular formula is C15H20N2O3. The zero-order chi connectivity index (χ0) is 15.3. The molecule has 0 unspecified atom stereocenters. The lowest BCUT2D eigenvalue weighted by molar-refractivity contribution is 0.0697. The number of nitrogens with one attached hydrogen (secondary N) is 2. The number of aromatic carboxylic acids is 1. The van der Waals surface area contributed by atoms with Crippen molar-refractivity contribution in [3.8, 4) is 0 Å². The molecule has 0 bridgehead atoms. The van der Waals surface area contributed by atoms with E-state index in [4.69, 9.17) is 5.11 Å². The number of carboxylic acids is 1. The Morgan fingerprint density at radius 1 is 1.15 bits per heavy atom. The molecule has 5 heteroatoms. The molecule has 0 aromatic heterocycles. The summed E-state index contributed by atoms with van der Waals surface area (Å²) in [5.41, 5.74) is 1.76. The molecule has 5 nitrogen and oxygen atoms in total. The largest absolute Gasteiger partial charge is 0.478 e. The van der Waals surface area contributed by atoms with Crippen molar-refractivity contribution in [3.05, 3.63) is 41.6 Å². The van der Waals surface area contributed by atoms with Crippen LogP contribution in [-0.4, -0.2) is 17.1 Å². The van der Waals surface area contributed by atoms with Gasteiger partial charge in [0.15, 0.2) is 0 Å². The number of benzene rings is 1. The minimum absolute atomic E-state index is 0.00356. The summed E-state index contributed by atoms with van der Waals surface area (Å²) in [4.78, 5) is 22.4. The average Bonchev–Trinajstić information content (AvgIpc) is 2.35. The van der Waals surface area contributed by atoms with Crippen LogP contribution in [0, 0.1) is 5.41 Å². The van der Waals surface area contributed by atoms with Crippen molar-refractivity contribution in [1.82, 2.24) is 5.32 Å². The molecule has 0 aliphatic carbocycles. The topological polar surface area (TPSA) is 78.4 Å². The molecule has 1 rings (SSSR count). The highest BCUT2D eigenvalue weighted by atomic mass is 16.4. The SMILES string of the molecule is C/C(=C\NC(=O)Nc1ccc(C(=O)O)cc1)C(C)(C)C. The van der Waals surface area contributed by atoms with Crippen molar-refractivity contribution in [2.75, 3.05) is 5.32 Å². The maximum Gasteiger partial charge on any atom is 0.335 e. The minimum atomic E-state index is -0.996. The predicted octanol–water partition coefficient (Wildman–Crippen LogP) is 3.46. The van der Waals surface area contributed by atoms with Crippen molar-refractivity contribution in [1.29, 1.82) is 0 Å². The molecule has 108 valence electrons. The van der Waals surface area contributed by atoms with Gasteiger partial charge in [-0.1, -0.05) is 26.3 Å². The Morgan fingerprint density at radius 3 is 2.15 bits per heavy atom. The van der Waals surface area contributed by atoms with E-state index in [1.54, 1.807) is 18.3 Å². The second-order valence-corrected chi connectivity index (χ2v) is 5.56. The van der Waals surface area contributed by atoms with Gasteiger partial charge in [-0.05, 0) is 36.6 Å². The summed E-state index contributed by atoms with van der Waals surface area (Å²) in [7, 11) is 0. The first-order valence-electron chi connectivity index (χ1n) is 6.28. The van der Waals surface area contributed by atoms with Gasteiger partial charge in [0.05, 0.1) is 5.56 Å². The fourth-order valence-electron chi connectivity index (χ4n) is 1.25. The Morgan fingerprint density at radius 2 is 1.70 bits per heavy atom. The van der Waals surface area contributed by atoms with E-state index < -0.39 is 5.97 Å². The molecule has 20 heavy (non-hydrogen) atoms. The van der Waals surface area contributed by atoms with Gasteiger partial charge in [-0.15, -0.1) is 0 Å². The van der Waals surface area contributed by atoms with Crippen LogP contribution in [0.5, 0.6) is 0 Å². The number of hydrogen-bond donors (Lipinski definition) is 3. The third-order valence-electron chi connectivity index (χ3n) is 2.99. The van der Waals surface area contributed by atoms with Gasteiger partial charge in [0.2, 0.25) is 0 Å². The predicted molar refractivity (Wildman–Crippen MR) is 78.8 cm³/mol. The highest BCUT2D eigenvalue weighted by molar-refractivity contribution is 5.91. The molecule has 0 spiro atoms. The van der Waals surface area contributed by atoms with Gasteiger partial charge in [-0.2, -0.15) is 0 Å². The fourth-order valence-corrected chi connectivity index (χ4v) is 1.25. The molecule has 0 aliphatic heterocycles. The average molecular weight is 276 g/mol. The molecule has 0 fully saturated rings. The van der Waals surface area contributed by atoms with E-state index in [9.17, 15) is 9.59 Å². The van der Waals surface area contributed by atoms with Gasteiger partial charge < -0.3 is 15.7 Å². The fraction of sp³-hybridized carbons (Fsp3) is 0.333. The highest BCUT2D eigenvalue weighted by Gasteiger charge is 2.12. The maximum absolute atomic E-state index is 11.7. The number of rotatable bonds is 3. The molecule has 0 saturated heterocycles. The Balaban J connectivity index is 2.61. The molecule has 0 aliphatic rings. The summed E-state index contributed by atoms with van der Waals surface area (Å²) in [5, 5.41) is 14.0. The monoisotopic (exact) mass is 276 g/mol. The van der Waals surface area contributed by atoms with E-state index in [0.29, 0.717) is 5.69 Å². The summed E-state index contributed by atoms with van der Waals surface area (Å²) < 4.78 is 0. The van der Waals surface area contributed by atoms with Crippen molar-refractivity contribution in [2.45, 2.75) is 27.7 Å².